The number of carbonyl (C=O) groups is 2. The minimum Gasteiger partial charge on any atom is -0.354 e. The van der Waals surface area contributed by atoms with Gasteiger partial charge in [0.25, 0.3) is 0 Å². The molecule has 0 aliphatic carbocycles. The number of hydrogen-bond acceptors (Lipinski definition) is 4. The summed E-state index contributed by atoms with van der Waals surface area (Å²) in [6.45, 7) is 2.05. The normalized spacial score (nSPS) is 12.0. The third-order valence-corrected chi connectivity index (χ3v) is 7.73. The van der Waals surface area contributed by atoms with Crippen LogP contribution >= 0.6 is 23.2 Å². The summed E-state index contributed by atoms with van der Waals surface area (Å²) in [7, 11) is -3.86. The lowest BCUT2D eigenvalue weighted by molar-refractivity contribution is -0.140. The van der Waals surface area contributed by atoms with E-state index in [1.54, 1.807) is 36.4 Å². The number of nitrogens with one attached hydrogen (secondary N) is 1. The molecule has 0 bridgehead atoms. The predicted octanol–water partition coefficient (Wildman–Crippen LogP) is 5.32. The molecule has 0 saturated heterocycles. The van der Waals surface area contributed by atoms with Gasteiger partial charge >= 0.3 is 0 Å². The first-order valence-corrected chi connectivity index (χ1v) is 15.3. The standard InChI is InChI=1S/C29H33Cl2N3O4S/c1-3-4-16-32-29(36)27(18-22-10-6-5-7-11-22)33(20-23-12-8-13-24(30)17-23)28(35)21-34(39(2,37)38)26-15-9-14-25(31)19-26/h5-15,17,19,27H,3-4,16,18,20-21H2,1-2H3,(H,32,36)/t27-/m0/s1. The van der Waals surface area contributed by atoms with Crippen LogP contribution in [-0.4, -0.2) is 50.5 Å². The topological polar surface area (TPSA) is 86.8 Å². The maximum Gasteiger partial charge on any atom is 0.244 e. The Kier molecular flexibility index (Phi) is 11.2. The van der Waals surface area contributed by atoms with Crippen molar-refractivity contribution in [1.82, 2.24) is 10.2 Å². The second-order valence-corrected chi connectivity index (χ2v) is 12.0. The van der Waals surface area contributed by atoms with Gasteiger partial charge in [-0.3, -0.25) is 13.9 Å². The molecular weight excluding hydrogens is 557 g/mol. The summed E-state index contributed by atoms with van der Waals surface area (Å²) in [5.74, 6) is -0.844. The fourth-order valence-corrected chi connectivity index (χ4v) is 5.38. The van der Waals surface area contributed by atoms with E-state index in [0.717, 1.165) is 29.0 Å². The maximum absolute atomic E-state index is 14.0. The van der Waals surface area contributed by atoms with E-state index in [4.69, 9.17) is 23.2 Å². The zero-order valence-electron chi connectivity index (χ0n) is 22.0. The van der Waals surface area contributed by atoms with Gasteiger partial charge in [0.15, 0.2) is 0 Å². The largest absolute Gasteiger partial charge is 0.354 e. The Balaban J connectivity index is 2.03. The Hall–Kier alpha value is -3.07. The van der Waals surface area contributed by atoms with Gasteiger partial charge in [0.05, 0.1) is 11.9 Å². The molecule has 0 aromatic heterocycles. The fourth-order valence-electron chi connectivity index (χ4n) is 4.14. The van der Waals surface area contributed by atoms with Crippen LogP contribution in [0.25, 0.3) is 0 Å². The second-order valence-electron chi connectivity index (χ2n) is 9.25. The summed E-state index contributed by atoms with van der Waals surface area (Å²) in [5, 5.41) is 3.78. The number of hydrogen-bond donors (Lipinski definition) is 1. The minimum absolute atomic E-state index is 0.0608. The van der Waals surface area contributed by atoms with Crippen LogP contribution in [0, 0.1) is 0 Å². The quantitative estimate of drug-likeness (QED) is 0.273. The molecule has 2 amide bonds. The molecule has 3 aromatic carbocycles. The second kappa shape index (κ2) is 14.4. The highest BCUT2D eigenvalue weighted by Crippen LogP contribution is 2.23. The number of unbranched alkanes of at least 4 members (excludes halogenated alkanes) is 1. The Morgan fingerprint density at radius 1 is 0.897 bits per heavy atom. The zero-order valence-corrected chi connectivity index (χ0v) is 24.3. The van der Waals surface area contributed by atoms with Gasteiger partial charge in [-0.25, -0.2) is 8.42 Å². The molecule has 0 unspecified atom stereocenters. The lowest BCUT2D eigenvalue weighted by Crippen LogP contribution is -2.53. The summed E-state index contributed by atoms with van der Waals surface area (Å²) < 4.78 is 26.6. The molecule has 0 fully saturated rings. The fraction of sp³-hybridized carbons (Fsp3) is 0.310. The van der Waals surface area contributed by atoms with Crippen LogP contribution in [-0.2, 0) is 32.6 Å². The molecule has 0 aliphatic rings. The van der Waals surface area contributed by atoms with Crippen LogP contribution in [0.1, 0.15) is 30.9 Å². The Labute approximate surface area is 240 Å². The van der Waals surface area contributed by atoms with Crippen LogP contribution in [0.5, 0.6) is 0 Å². The maximum atomic E-state index is 14.0. The number of nitrogens with zero attached hydrogens (tertiary/aromatic N) is 2. The van der Waals surface area contributed by atoms with Crippen LogP contribution in [0.2, 0.25) is 10.0 Å². The van der Waals surface area contributed by atoms with Crippen molar-refractivity contribution in [3.63, 3.8) is 0 Å². The summed E-state index contributed by atoms with van der Waals surface area (Å²) >= 11 is 12.3. The number of benzene rings is 3. The van der Waals surface area contributed by atoms with Gasteiger partial charge in [-0.15, -0.1) is 0 Å². The third-order valence-electron chi connectivity index (χ3n) is 6.12. The third kappa shape index (κ3) is 9.27. The van der Waals surface area contributed by atoms with E-state index in [1.807, 2.05) is 43.3 Å². The van der Waals surface area contributed by atoms with Crippen LogP contribution in [0.3, 0.4) is 0 Å². The smallest absolute Gasteiger partial charge is 0.244 e. The van der Waals surface area contributed by atoms with Crippen LogP contribution in [0.15, 0.2) is 78.9 Å². The molecule has 0 heterocycles. The van der Waals surface area contributed by atoms with Crippen molar-refractivity contribution in [2.24, 2.45) is 0 Å². The van der Waals surface area contributed by atoms with Gasteiger partial charge in [0.1, 0.15) is 12.6 Å². The molecule has 1 N–H and O–H groups in total. The molecule has 3 aromatic rings. The van der Waals surface area contributed by atoms with E-state index in [0.29, 0.717) is 22.2 Å². The van der Waals surface area contributed by atoms with Crippen LogP contribution in [0.4, 0.5) is 5.69 Å². The summed E-state index contributed by atoms with van der Waals surface area (Å²) in [4.78, 5) is 29.0. The van der Waals surface area contributed by atoms with Gasteiger partial charge in [0.2, 0.25) is 21.8 Å². The van der Waals surface area contributed by atoms with Gasteiger partial charge in [-0.05, 0) is 47.9 Å². The molecule has 3 rings (SSSR count). The van der Waals surface area contributed by atoms with E-state index in [9.17, 15) is 18.0 Å². The highest BCUT2D eigenvalue weighted by atomic mass is 35.5. The lowest BCUT2D eigenvalue weighted by Gasteiger charge is -2.33. The monoisotopic (exact) mass is 589 g/mol. The highest BCUT2D eigenvalue weighted by molar-refractivity contribution is 7.92. The molecule has 39 heavy (non-hydrogen) atoms. The molecule has 0 radical (unpaired) electrons. The number of rotatable bonds is 13. The molecule has 10 heteroatoms. The molecular formula is C29H33Cl2N3O4S. The summed E-state index contributed by atoms with van der Waals surface area (Å²) in [6, 6.07) is 21.8. The van der Waals surface area contributed by atoms with Gasteiger partial charge < -0.3 is 10.2 Å². The minimum atomic E-state index is -3.86. The van der Waals surface area contributed by atoms with Gasteiger partial charge in [0, 0.05) is 29.6 Å². The summed E-state index contributed by atoms with van der Waals surface area (Å²) in [6.07, 6.45) is 2.98. The van der Waals surface area contributed by atoms with Crippen molar-refractivity contribution < 1.29 is 18.0 Å². The van der Waals surface area contributed by atoms with Crippen LogP contribution < -0.4 is 9.62 Å². The first kappa shape index (κ1) is 30.5. The molecule has 208 valence electrons. The first-order chi connectivity index (χ1) is 18.6. The number of carbonyl (C=O) groups excluding carboxylic acids is 2. The van der Waals surface area contributed by atoms with E-state index in [-0.39, 0.29) is 24.6 Å². The Morgan fingerprint density at radius 2 is 1.54 bits per heavy atom. The van der Waals surface area contributed by atoms with E-state index < -0.39 is 28.5 Å². The van der Waals surface area contributed by atoms with Crippen molar-refractivity contribution in [2.75, 3.05) is 23.7 Å². The highest BCUT2D eigenvalue weighted by Gasteiger charge is 2.33. The summed E-state index contributed by atoms with van der Waals surface area (Å²) in [5.41, 5.74) is 1.84. The van der Waals surface area contributed by atoms with E-state index in [2.05, 4.69) is 5.32 Å². The van der Waals surface area contributed by atoms with Gasteiger partial charge in [-0.1, -0.05) is 85.1 Å². The first-order valence-electron chi connectivity index (χ1n) is 12.7. The van der Waals surface area contributed by atoms with E-state index in [1.165, 1.54) is 11.0 Å². The SMILES string of the molecule is CCCCNC(=O)[C@H](Cc1ccccc1)N(Cc1cccc(Cl)c1)C(=O)CN(c1cccc(Cl)c1)S(C)(=O)=O. The molecule has 0 saturated carbocycles. The zero-order chi connectivity index (χ0) is 28.4. The molecule has 7 nitrogen and oxygen atoms in total. The number of anilines is 1. The average Bonchev–Trinajstić information content (AvgIpc) is 2.89. The van der Waals surface area contributed by atoms with Crippen molar-refractivity contribution in [1.29, 1.82) is 0 Å². The van der Waals surface area contributed by atoms with Crippen molar-refractivity contribution >= 4 is 50.7 Å². The molecule has 0 spiro atoms. The Bertz CT molecular complexity index is 1370. The average molecular weight is 591 g/mol. The van der Waals surface area contributed by atoms with Gasteiger partial charge in [-0.2, -0.15) is 0 Å². The lowest BCUT2D eigenvalue weighted by atomic mass is 10.0. The molecule has 1 atom stereocenters. The van der Waals surface area contributed by atoms with Crippen molar-refractivity contribution in [3.8, 4) is 0 Å². The van der Waals surface area contributed by atoms with Crippen molar-refractivity contribution in [2.45, 2.75) is 38.8 Å². The van der Waals surface area contributed by atoms with Crippen molar-refractivity contribution in [3.05, 3.63) is 100 Å². The number of halogens is 2. The number of amides is 2. The number of sulfonamides is 1. The Morgan fingerprint density at radius 3 is 2.15 bits per heavy atom. The predicted molar refractivity (Wildman–Crippen MR) is 157 cm³/mol. The molecule has 0 aliphatic heterocycles. The van der Waals surface area contributed by atoms with E-state index >= 15 is 0 Å².